The average molecular weight is 259 g/mol. The van der Waals surface area contributed by atoms with Gasteiger partial charge in [0.1, 0.15) is 5.75 Å². The molecule has 0 radical (unpaired) electrons. The standard InChI is InChI=1S/C13H19F2NO2/c1-3-13(2,8-16)11(17)9-6-4-5-7-10(9)18-12(14)15/h4-7,11-12,17H,3,8,16H2,1-2H3. The fraction of sp³-hybridized carbons (Fsp3) is 0.538. The Kier molecular flexibility index (Phi) is 5.04. The number of nitrogens with two attached hydrogens (primary N) is 1. The second kappa shape index (κ2) is 6.11. The highest BCUT2D eigenvalue weighted by Crippen LogP contribution is 2.39. The van der Waals surface area contributed by atoms with Gasteiger partial charge in [-0.25, -0.2) is 0 Å². The Morgan fingerprint density at radius 1 is 1.39 bits per heavy atom. The molecule has 1 aromatic rings. The number of ether oxygens (including phenoxy) is 1. The molecule has 18 heavy (non-hydrogen) atoms. The Morgan fingerprint density at radius 3 is 2.50 bits per heavy atom. The van der Waals surface area contributed by atoms with Crippen molar-refractivity contribution in [3.8, 4) is 5.75 Å². The summed E-state index contributed by atoms with van der Waals surface area (Å²) in [6, 6.07) is 6.24. The molecule has 0 heterocycles. The smallest absolute Gasteiger partial charge is 0.387 e. The number of alkyl halides is 2. The molecule has 0 saturated carbocycles. The Morgan fingerprint density at radius 2 is 2.00 bits per heavy atom. The monoisotopic (exact) mass is 259 g/mol. The molecule has 0 aliphatic carbocycles. The Hall–Kier alpha value is -1.20. The van der Waals surface area contributed by atoms with Crippen LogP contribution in [0, 0.1) is 5.41 Å². The zero-order valence-corrected chi connectivity index (χ0v) is 10.6. The third-order valence-corrected chi connectivity index (χ3v) is 3.36. The summed E-state index contributed by atoms with van der Waals surface area (Å²) in [4.78, 5) is 0. The first kappa shape index (κ1) is 14.9. The average Bonchev–Trinajstić information content (AvgIpc) is 2.37. The van der Waals surface area contributed by atoms with Crippen molar-refractivity contribution in [2.45, 2.75) is 33.0 Å². The number of aliphatic hydroxyl groups excluding tert-OH is 1. The van der Waals surface area contributed by atoms with Crippen LogP contribution in [0.1, 0.15) is 31.9 Å². The van der Waals surface area contributed by atoms with Crippen molar-refractivity contribution in [3.63, 3.8) is 0 Å². The van der Waals surface area contributed by atoms with Crippen LogP contribution in [-0.2, 0) is 0 Å². The molecule has 0 fully saturated rings. The van der Waals surface area contributed by atoms with E-state index >= 15 is 0 Å². The quantitative estimate of drug-likeness (QED) is 0.825. The molecule has 0 aliphatic heterocycles. The minimum absolute atomic E-state index is 0.00637. The van der Waals surface area contributed by atoms with E-state index in [4.69, 9.17) is 5.73 Å². The Balaban J connectivity index is 3.08. The van der Waals surface area contributed by atoms with Gasteiger partial charge in [-0.05, 0) is 12.5 Å². The van der Waals surface area contributed by atoms with Gasteiger partial charge in [-0.1, -0.05) is 32.0 Å². The minimum Gasteiger partial charge on any atom is -0.434 e. The van der Waals surface area contributed by atoms with Gasteiger partial charge < -0.3 is 15.6 Å². The van der Waals surface area contributed by atoms with E-state index in [1.54, 1.807) is 18.2 Å². The molecule has 5 heteroatoms. The molecule has 0 aromatic heterocycles. The number of halogens is 2. The molecule has 102 valence electrons. The largest absolute Gasteiger partial charge is 0.434 e. The number of benzene rings is 1. The topological polar surface area (TPSA) is 55.5 Å². The summed E-state index contributed by atoms with van der Waals surface area (Å²) < 4.78 is 29.0. The number of para-hydroxylation sites is 1. The van der Waals surface area contributed by atoms with Crippen LogP contribution in [-0.4, -0.2) is 18.3 Å². The van der Waals surface area contributed by atoms with E-state index < -0.39 is 18.1 Å². The maximum atomic E-state index is 12.3. The summed E-state index contributed by atoms with van der Waals surface area (Å²) in [5.41, 5.74) is 5.43. The van der Waals surface area contributed by atoms with Crippen LogP contribution in [0.2, 0.25) is 0 Å². The lowest BCUT2D eigenvalue weighted by atomic mass is 9.78. The molecule has 3 N–H and O–H groups in total. The van der Waals surface area contributed by atoms with Gasteiger partial charge in [0.25, 0.3) is 0 Å². The van der Waals surface area contributed by atoms with Crippen molar-refractivity contribution >= 4 is 0 Å². The fourth-order valence-corrected chi connectivity index (χ4v) is 1.73. The molecule has 3 nitrogen and oxygen atoms in total. The first-order chi connectivity index (χ1) is 8.44. The second-order valence-corrected chi connectivity index (χ2v) is 4.53. The summed E-state index contributed by atoms with van der Waals surface area (Å²) in [7, 11) is 0. The number of aliphatic hydroxyl groups is 1. The van der Waals surface area contributed by atoms with Crippen molar-refractivity contribution < 1.29 is 18.6 Å². The molecule has 2 unspecified atom stereocenters. The summed E-state index contributed by atoms with van der Waals surface area (Å²) >= 11 is 0. The van der Waals surface area contributed by atoms with E-state index in [2.05, 4.69) is 4.74 Å². The molecule has 1 rings (SSSR count). The SMILES string of the molecule is CCC(C)(CN)C(O)c1ccccc1OC(F)F. The summed E-state index contributed by atoms with van der Waals surface area (Å²) in [5.74, 6) is -0.00637. The molecule has 0 aliphatic rings. The van der Waals surface area contributed by atoms with Gasteiger partial charge in [-0.3, -0.25) is 0 Å². The Labute approximate surface area is 106 Å². The van der Waals surface area contributed by atoms with Gasteiger partial charge in [-0.2, -0.15) is 8.78 Å². The van der Waals surface area contributed by atoms with Crippen LogP contribution >= 0.6 is 0 Å². The fourth-order valence-electron chi connectivity index (χ4n) is 1.73. The predicted octanol–water partition coefficient (Wildman–Crippen LogP) is 2.70. The van der Waals surface area contributed by atoms with E-state index in [0.717, 1.165) is 0 Å². The third kappa shape index (κ3) is 3.17. The molecular formula is C13H19F2NO2. The van der Waals surface area contributed by atoms with E-state index in [9.17, 15) is 13.9 Å². The lowest BCUT2D eigenvalue weighted by molar-refractivity contribution is -0.0536. The molecule has 0 bridgehead atoms. The maximum Gasteiger partial charge on any atom is 0.387 e. The lowest BCUT2D eigenvalue weighted by Crippen LogP contribution is -2.33. The lowest BCUT2D eigenvalue weighted by Gasteiger charge is -2.33. The Bertz CT molecular complexity index is 381. The predicted molar refractivity (Wildman–Crippen MR) is 65.5 cm³/mol. The van der Waals surface area contributed by atoms with Crippen molar-refractivity contribution in [3.05, 3.63) is 29.8 Å². The summed E-state index contributed by atoms with van der Waals surface area (Å²) in [6.45, 7) is 1.06. The highest BCUT2D eigenvalue weighted by atomic mass is 19.3. The van der Waals surface area contributed by atoms with Gasteiger partial charge in [0.15, 0.2) is 0 Å². The first-order valence-electron chi connectivity index (χ1n) is 5.86. The van der Waals surface area contributed by atoms with E-state index in [1.165, 1.54) is 6.07 Å². The maximum absolute atomic E-state index is 12.3. The van der Waals surface area contributed by atoms with Crippen LogP contribution in [0.25, 0.3) is 0 Å². The number of hydrogen-bond acceptors (Lipinski definition) is 3. The van der Waals surface area contributed by atoms with Crippen LogP contribution in [0.15, 0.2) is 24.3 Å². The summed E-state index contributed by atoms with van der Waals surface area (Å²) in [6.07, 6.45) is -0.310. The highest BCUT2D eigenvalue weighted by Gasteiger charge is 2.33. The minimum atomic E-state index is -2.91. The molecule has 0 spiro atoms. The van der Waals surface area contributed by atoms with E-state index in [1.807, 2.05) is 13.8 Å². The van der Waals surface area contributed by atoms with Crippen molar-refractivity contribution in [1.29, 1.82) is 0 Å². The zero-order valence-electron chi connectivity index (χ0n) is 10.6. The van der Waals surface area contributed by atoms with E-state index in [-0.39, 0.29) is 12.3 Å². The first-order valence-corrected chi connectivity index (χ1v) is 5.86. The second-order valence-electron chi connectivity index (χ2n) is 4.53. The van der Waals surface area contributed by atoms with Gasteiger partial charge >= 0.3 is 6.61 Å². The van der Waals surface area contributed by atoms with Crippen LogP contribution < -0.4 is 10.5 Å². The number of hydrogen-bond donors (Lipinski definition) is 2. The van der Waals surface area contributed by atoms with Gasteiger partial charge in [-0.15, -0.1) is 0 Å². The third-order valence-electron chi connectivity index (χ3n) is 3.36. The van der Waals surface area contributed by atoms with Gasteiger partial charge in [0, 0.05) is 17.5 Å². The zero-order chi connectivity index (χ0) is 13.8. The van der Waals surface area contributed by atoms with Crippen LogP contribution in [0.5, 0.6) is 5.75 Å². The highest BCUT2D eigenvalue weighted by molar-refractivity contribution is 5.36. The van der Waals surface area contributed by atoms with Gasteiger partial charge in [0.05, 0.1) is 6.10 Å². The van der Waals surface area contributed by atoms with Gasteiger partial charge in [0.2, 0.25) is 0 Å². The molecule has 0 saturated heterocycles. The molecular weight excluding hydrogens is 240 g/mol. The van der Waals surface area contributed by atoms with Crippen molar-refractivity contribution in [2.24, 2.45) is 11.1 Å². The molecule has 0 amide bonds. The van der Waals surface area contributed by atoms with Crippen LogP contribution in [0.3, 0.4) is 0 Å². The molecule has 1 aromatic carbocycles. The number of rotatable bonds is 6. The van der Waals surface area contributed by atoms with Crippen LogP contribution in [0.4, 0.5) is 8.78 Å². The summed E-state index contributed by atoms with van der Waals surface area (Å²) in [5, 5.41) is 10.3. The molecule has 2 atom stereocenters. The van der Waals surface area contributed by atoms with Crippen molar-refractivity contribution in [2.75, 3.05) is 6.54 Å². The van der Waals surface area contributed by atoms with E-state index in [0.29, 0.717) is 12.0 Å². The van der Waals surface area contributed by atoms with Crippen molar-refractivity contribution in [1.82, 2.24) is 0 Å². The normalized spacial score (nSPS) is 16.4.